The number of rotatable bonds is 3. The number of benzene rings is 1. The van der Waals surface area contributed by atoms with Crippen LogP contribution in [0.2, 0.25) is 0 Å². The zero-order valence-corrected chi connectivity index (χ0v) is 21.6. The van der Waals surface area contributed by atoms with Gasteiger partial charge in [0.05, 0.1) is 5.88 Å². The Balaban J connectivity index is 1.24. The number of likely N-dealkylation sites (tertiary alicyclic amines) is 2. The van der Waals surface area contributed by atoms with Gasteiger partial charge < -0.3 is 14.5 Å². The number of piperidine rings is 1. The van der Waals surface area contributed by atoms with Crippen molar-refractivity contribution >= 4 is 29.4 Å². The number of hydrogen-bond acceptors (Lipinski definition) is 6. The van der Waals surface area contributed by atoms with E-state index in [4.69, 9.17) is 4.74 Å². The van der Waals surface area contributed by atoms with Gasteiger partial charge in [0.25, 0.3) is 0 Å². The van der Waals surface area contributed by atoms with Crippen LogP contribution in [0.5, 0.6) is 0 Å². The number of amides is 2. The Bertz CT molecular complexity index is 906. The second-order valence-corrected chi connectivity index (χ2v) is 12.1. The Hall–Kier alpha value is -1.93. The number of hydrogen-bond donors (Lipinski definition) is 0. The van der Waals surface area contributed by atoms with E-state index in [0.717, 1.165) is 57.1 Å². The quantitative estimate of drug-likeness (QED) is 0.653. The lowest BCUT2D eigenvalue weighted by molar-refractivity contribution is -0.134. The number of thioether (sulfide) groups is 1. The summed E-state index contributed by atoms with van der Waals surface area (Å²) in [5, 5.41) is 0. The van der Waals surface area contributed by atoms with Crippen molar-refractivity contribution in [3.8, 4) is 0 Å². The Kier molecular flexibility index (Phi) is 6.73. The number of carbonyl (C=O) groups is 2. The molecule has 0 saturated carbocycles. The van der Waals surface area contributed by atoms with Crippen molar-refractivity contribution in [2.75, 3.05) is 49.3 Å². The summed E-state index contributed by atoms with van der Waals surface area (Å²) in [4.78, 5) is 35.1. The van der Waals surface area contributed by atoms with Crippen LogP contribution in [0.15, 0.2) is 24.3 Å². The highest BCUT2D eigenvalue weighted by atomic mass is 32.2. The highest BCUT2D eigenvalue weighted by molar-refractivity contribution is 7.99. The van der Waals surface area contributed by atoms with E-state index in [9.17, 15) is 9.59 Å². The number of anilines is 1. The molecule has 4 heterocycles. The largest absolute Gasteiger partial charge is 0.444 e. The molecule has 3 fully saturated rings. The summed E-state index contributed by atoms with van der Waals surface area (Å²) in [6.07, 6.45) is 3.74. The monoisotopic (exact) mass is 486 g/mol. The highest BCUT2D eigenvalue weighted by Gasteiger charge is 2.45. The minimum absolute atomic E-state index is 0.0851. The molecule has 1 aromatic carbocycles. The van der Waals surface area contributed by atoms with Crippen molar-refractivity contribution in [1.29, 1.82) is 0 Å². The zero-order chi connectivity index (χ0) is 23.9. The average molecular weight is 487 g/mol. The van der Waals surface area contributed by atoms with E-state index in [2.05, 4.69) is 34.1 Å². The Labute approximate surface area is 207 Å². The van der Waals surface area contributed by atoms with Crippen LogP contribution in [-0.2, 0) is 16.0 Å². The van der Waals surface area contributed by atoms with Crippen LogP contribution in [0.25, 0.3) is 0 Å². The molecule has 0 aromatic heterocycles. The molecule has 7 nitrogen and oxygen atoms in total. The summed E-state index contributed by atoms with van der Waals surface area (Å²) in [5.74, 6) is 1.79. The van der Waals surface area contributed by atoms with Crippen molar-refractivity contribution < 1.29 is 14.3 Å². The van der Waals surface area contributed by atoms with Crippen LogP contribution in [0.1, 0.15) is 45.6 Å². The maximum absolute atomic E-state index is 13.3. The number of carbonyl (C=O) groups excluding carboxylic acids is 2. The number of ether oxygens (including phenoxy) is 1. The topological polar surface area (TPSA) is 56.3 Å². The molecule has 4 aliphatic heterocycles. The maximum atomic E-state index is 13.3. The smallest absolute Gasteiger partial charge is 0.411 e. The molecule has 2 atom stereocenters. The van der Waals surface area contributed by atoms with Gasteiger partial charge in [0.15, 0.2) is 0 Å². The van der Waals surface area contributed by atoms with Crippen LogP contribution >= 0.6 is 11.8 Å². The standard InChI is InChI=1S/C26H38N4O3S/c1-26(2,3)33-25(32)30-17-21(16-23(30)24(31)28-14-15-34-18-28)27-11-9-20(10-12-27)29-13-8-19-6-4-5-7-22(19)29/h4-7,20-21,23H,8-18H2,1-3H3/t21-,23-/m0/s1. The van der Waals surface area contributed by atoms with E-state index < -0.39 is 11.6 Å². The van der Waals surface area contributed by atoms with Crippen LogP contribution < -0.4 is 4.90 Å². The molecule has 0 aliphatic carbocycles. The molecule has 0 unspecified atom stereocenters. The van der Waals surface area contributed by atoms with Gasteiger partial charge in [-0.05, 0) is 58.1 Å². The molecule has 5 rings (SSSR count). The third-order valence-electron chi connectivity index (χ3n) is 7.64. The van der Waals surface area contributed by atoms with E-state index >= 15 is 0 Å². The van der Waals surface area contributed by atoms with Crippen LogP contribution in [0, 0.1) is 0 Å². The van der Waals surface area contributed by atoms with Gasteiger partial charge in [0.2, 0.25) is 5.91 Å². The van der Waals surface area contributed by atoms with Gasteiger partial charge in [-0.3, -0.25) is 14.6 Å². The predicted octanol–water partition coefficient (Wildman–Crippen LogP) is 3.42. The van der Waals surface area contributed by atoms with Gasteiger partial charge >= 0.3 is 6.09 Å². The molecule has 3 saturated heterocycles. The molecule has 0 bridgehead atoms. The number of para-hydroxylation sites is 1. The zero-order valence-electron chi connectivity index (χ0n) is 20.7. The minimum Gasteiger partial charge on any atom is -0.444 e. The van der Waals surface area contributed by atoms with Gasteiger partial charge in [0, 0.05) is 56.2 Å². The molecular formula is C26H38N4O3S. The third kappa shape index (κ3) is 4.89. The van der Waals surface area contributed by atoms with Gasteiger partial charge in [-0.2, -0.15) is 0 Å². The number of nitrogens with zero attached hydrogens (tertiary/aromatic N) is 4. The van der Waals surface area contributed by atoms with Crippen LogP contribution in [0.3, 0.4) is 0 Å². The first-order valence-corrected chi connectivity index (χ1v) is 13.9. The molecule has 0 spiro atoms. The summed E-state index contributed by atoms with van der Waals surface area (Å²) in [7, 11) is 0. The summed E-state index contributed by atoms with van der Waals surface area (Å²) < 4.78 is 5.70. The average Bonchev–Trinajstić information content (AvgIpc) is 3.57. The van der Waals surface area contributed by atoms with Crippen LogP contribution in [0.4, 0.5) is 10.5 Å². The van der Waals surface area contributed by atoms with E-state index in [-0.39, 0.29) is 18.0 Å². The first kappa shape index (κ1) is 23.8. The summed E-state index contributed by atoms with van der Waals surface area (Å²) in [5.41, 5.74) is 2.30. The fourth-order valence-electron chi connectivity index (χ4n) is 5.94. The lowest BCUT2D eigenvalue weighted by Crippen LogP contribution is -2.49. The molecule has 1 aromatic rings. The van der Waals surface area contributed by atoms with E-state index in [1.54, 1.807) is 16.7 Å². The second kappa shape index (κ2) is 9.61. The summed E-state index contributed by atoms with van der Waals surface area (Å²) >= 11 is 1.78. The lowest BCUT2D eigenvalue weighted by atomic mass is 10.00. The Morgan fingerprint density at radius 1 is 1.03 bits per heavy atom. The van der Waals surface area contributed by atoms with Crippen molar-refractivity contribution in [3.63, 3.8) is 0 Å². The first-order valence-electron chi connectivity index (χ1n) is 12.7. The van der Waals surface area contributed by atoms with E-state index in [0.29, 0.717) is 19.0 Å². The van der Waals surface area contributed by atoms with Crippen molar-refractivity contribution in [2.45, 2.75) is 70.2 Å². The van der Waals surface area contributed by atoms with Crippen molar-refractivity contribution in [2.24, 2.45) is 0 Å². The Morgan fingerprint density at radius 3 is 2.50 bits per heavy atom. The number of fused-ring (bicyclic) bond motifs is 1. The molecule has 0 radical (unpaired) electrons. The van der Waals surface area contributed by atoms with E-state index in [1.807, 2.05) is 25.7 Å². The molecule has 4 aliphatic rings. The lowest BCUT2D eigenvalue weighted by Gasteiger charge is -2.40. The predicted molar refractivity (Wildman–Crippen MR) is 136 cm³/mol. The fourth-order valence-corrected chi connectivity index (χ4v) is 6.89. The van der Waals surface area contributed by atoms with Crippen molar-refractivity contribution in [1.82, 2.24) is 14.7 Å². The molecule has 8 heteroatoms. The highest BCUT2D eigenvalue weighted by Crippen LogP contribution is 2.34. The summed E-state index contributed by atoms with van der Waals surface area (Å²) in [6.45, 7) is 10.1. The molecular weight excluding hydrogens is 448 g/mol. The van der Waals surface area contributed by atoms with Gasteiger partial charge in [-0.1, -0.05) is 18.2 Å². The fraction of sp³-hybridized carbons (Fsp3) is 0.692. The second-order valence-electron chi connectivity index (χ2n) is 11.0. The molecule has 186 valence electrons. The Morgan fingerprint density at radius 2 is 1.79 bits per heavy atom. The third-order valence-corrected chi connectivity index (χ3v) is 8.60. The minimum atomic E-state index is -0.573. The van der Waals surface area contributed by atoms with Gasteiger partial charge in [0.1, 0.15) is 11.6 Å². The van der Waals surface area contributed by atoms with Crippen molar-refractivity contribution in [3.05, 3.63) is 29.8 Å². The molecule has 34 heavy (non-hydrogen) atoms. The SMILES string of the molecule is CC(C)(C)OC(=O)N1C[C@@H](N2CCC(N3CCc4ccccc43)CC2)C[C@H]1C(=O)N1CCSC1. The normalized spacial score (nSPS) is 26.3. The van der Waals surface area contributed by atoms with Crippen LogP contribution in [-0.4, -0.2) is 94.8 Å². The molecule has 2 amide bonds. The first-order chi connectivity index (χ1) is 16.3. The maximum Gasteiger partial charge on any atom is 0.411 e. The summed E-state index contributed by atoms with van der Waals surface area (Å²) in [6, 6.07) is 9.17. The van der Waals surface area contributed by atoms with E-state index in [1.165, 1.54) is 11.3 Å². The van der Waals surface area contributed by atoms with Gasteiger partial charge in [-0.15, -0.1) is 11.8 Å². The molecule has 0 N–H and O–H groups in total. The van der Waals surface area contributed by atoms with Gasteiger partial charge in [-0.25, -0.2) is 4.79 Å².